The van der Waals surface area contributed by atoms with Crippen molar-refractivity contribution in [3.05, 3.63) is 93.5 Å². The van der Waals surface area contributed by atoms with Crippen molar-refractivity contribution in [2.45, 2.75) is 26.3 Å². The zero-order valence-corrected chi connectivity index (χ0v) is 21.6. The number of piperazine rings is 1. The lowest BCUT2D eigenvalue weighted by Crippen LogP contribution is -2.49. The van der Waals surface area contributed by atoms with Crippen LogP contribution in [0.2, 0.25) is 10.0 Å². The van der Waals surface area contributed by atoms with Crippen LogP contribution >= 0.6 is 23.2 Å². The highest BCUT2D eigenvalue weighted by molar-refractivity contribution is 6.42. The number of fused-ring (bicyclic) bond motifs is 1. The molecule has 1 aliphatic rings. The molecule has 8 heteroatoms. The summed E-state index contributed by atoms with van der Waals surface area (Å²) in [7, 11) is 0. The van der Waals surface area contributed by atoms with E-state index in [1.54, 1.807) is 18.2 Å². The van der Waals surface area contributed by atoms with Gasteiger partial charge in [-0.25, -0.2) is 9.37 Å². The van der Waals surface area contributed by atoms with Crippen molar-refractivity contribution < 1.29 is 9.18 Å². The lowest BCUT2D eigenvalue weighted by Gasteiger charge is -2.36. The highest BCUT2D eigenvalue weighted by atomic mass is 35.5. The Morgan fingerprint density at radius 3 is 2.39 bits per heavy atom. The van der Waals surface area contributed by atoms with E-state index in [0.29, 0.717) is 61.3 Å². The van der Waals surface area contributed by atoms with Gasteiger partial charge in [0, 0.05) is 45.6 Å². The van der Waals surface area contributed by atoms with Crippen LogP contribution < -0.4 is 4.90 Å². The van der Waals surface area contributed by atoms with E-state index in [0.717, 1.165) is 22.4 Å². The number of aromatic nitrogens is 2. The number of aryl methyl sites for hydroxylation is 2. The fourth-order valence-electron chi connectivity index (χ4n) is 4.71. The van der Waals surface area contributed by atoms with Gasteiger partial charge in [0.05, 0.1) is 26.8 Å². The maximum atomic E-state index is 14.2. The maximum absolute atomic E-state index is 14.2. The molecule has 5 rings (SSSR count). The second kappa shape index (κ2) is 10.5. The number of anilines is 1. The van der Waals surface area contributed by atoms with Crippen molar-refractivity contribution >= 4 is 45.8 Å². The van der Waals surface area contributed by atoms with Crippen LogP contribution in [0.5, 0.6) is 0 Å². The van der Waals surface area contributed by atoms with Crippen LogP contribution in [-0.2, 0) is 17.8 Å². The fraction of sp³-hybridized carbons (Fsp3) is 0.286. The molecular formula is C28H27Cl2FN4O. The lowest BCUT2D eigenvalue weighted by atomic mass is 10.1. The van der Waals surface area contributed by atoms with Crippen LogP contribution in [0.25, 0.3) is 11.0 Å². The minimum absolute atomic E-state index is 0.0754. The third kappa shape index (κ3) is 5.20. The summed E-state index contributed by atoms with van der Waals surface area (Å²) in [4.78, 5) is 21.8. The molecule has 1 aromatic heterocycles. The van der Waals surface area contributed by atoms with Gasteiger partial charge in [-0.3, -0.25) is 4.79 Å². The van der Waals surface area contributed by atoms with Crippen LogP contribution in [0.3, 0.4) is 0 Å². The van der Waals surface area contributed by atoms with Crippen molar-refractivity contribution in [1.29, 1.82) is 0 Å². The zero-order valence-electron chi connectivity index (χ0n) is 20.1. The van der Waals surface area contributed by atoms with Crippen LogP contribution in [0.4, 0.5) is 10.1 Å². The summed E-state index contributed by atoms with van der Waals surface area (Å²) in [5, 5.41) is 0.919. The molecule has 1 amide bonds. The summed E-state index contributed by atoms with van der Waals surface area (Å²) in [5.41, 5.74) is 4.56. The van der Waals surface area contributed by atoms with E-state index in [4.69, 9.17) is 28.2 Å². The van der Waals surface area contributed by atoms with Gasteiger partial charge in [-0.1, -0.05) is 65.2 Å². The summed E-state index contributed by atoms with van der Waals surface area (Å²) >= 11 is 12.6. The quantitative estimate of drug-likeness (QED) is 0.305. The molecular weight excluding hydrogens is 498 g/mol. The number of halogens is 3. The number of imidazole rings is 1. The summed E-state index contributed by atoms with van der Waals surface area (Å²) in [6, 6.07) is 18.7. The number of rotatable bonds is 6. The first-order valence-corrected chi connectivity index (χ1v) is 12.8. The molecule has 3 aromatic carbocycles. The molecule has 0 saturated carbocycles. The van der Waals surface area contributed by atoms with Crippen LogP contribution in [0.15, 0.2) is 60.7 Å². The molecule has 0 bridgehead atoms. The van der Waals surface area contributed by atoms with Gasteiger partial charge in [-0.05, 0) is 36.8 Å². The first-order valence-electron chi connectivity index (χ1n) is 12.1. The SMILES string of the molecule is Cc1ccc(Cc2nc3cc(Cl)c(Cl)cc3n2CCC(=O)N2CCN(c3ccccc3F)CC2)cc1. The average Bonchev–Trinajstić information content (AvgIpc) is 3.20. The van der Waals surface area contributed by atoms with E-state index in [1.807, 2.05) is 21.9 Å². The van der Waals surface area contributed by atoms with Gasteiger partial charge in [-0.15, -0.1) is 0 Å². The molecule has 0 aliphatic carbocycles. The highest BCUT2D eigenvalue weighted by Crippen LogP contribution is 2.29. The third-order valence-corrected chi connectivity index (χ3v) is 7.45. The molecule has 1 aliphatic heterocycles. The van der Waals surface area contributed by atoms with Gasteiger partial charge in [-0.2, -0.15) is 0 Å². The minimum Gasteiger partial charge on any atom is -0.366 e. The molecule has 2 heterocycles. The van der Waals surface area contributed by atoms with E-state index in [9.17, 15) is 9.18 Å². The van der Waals surface area contributed by atoms with Gasteiger partial charge in [0.25, 0.3) is 0 Å². The van der Waals surface area contributed by atoms with Crippen molar-refractivity contribution in [2.24, 2.45) is 0 Å². The second-order valence-electron chi connectivity index (χ2n) is 9.17. The largest absolute Gasteiger partial charge is 0.366 e. The molecule has 186 valence electrons. The molecule has 1 fully saturated rings. The first-order chi connectivity index (χ1) is 17.4. The molecule has 0 spiro atoms. The van der Waals surface area contributed by atoms with Crippen LogP contribution in [0, 0.1) is 12.7 Å². The number of hydrogen-bond donors (Lipinski definition) is 0. The second-order valence-corrected chi connectivity index (χ2v) is 9.98. The van der Waals surface area contributed by atoms with Crippen molar-refractivity contribution in [3.8, 4) is 0 Å². The van der Waals surface area contributed by atoms with Crippen LogP contribution in [0.1, 0.15) is 23.4 Å². The Kier molecular flexibility index (Phi) is 7.17. The van der Waals surface area contributed by atoms with Crippen LogP contribution in [-0.4, -0.2) is 46.5 Å². The Morgan fingerprint density at radius 1 is 0.972 bits per heavy atom. The van der Waals surface area contributed by atoms with Crippen molar-refractivity contribution in [3.63, 3.8) is 0 Å². The van der Waals surface area contributed by atoms with Gasteiger partial charge in [0.1, 0.15) is 11.6 Å². The predicted molar refractivity (Wildman–Crippen MR) is 144 cm³/mol. The number of amides is 1. The monoisotopic (exact) mass is 524 g/mol. The maximum Gasteiger partial charge on any atom is 0.224 e. The molecule has 0 unspecified atom stereocenters. The molecule has 36 heavy (non-hydrogen) atoms. The van der Waals surface area contributed by atoms with Gasteiger partial charge in [0.15, 0.2) is 0 Å². The molecule has 0 radical (unpaired) electrons. The Morgan fingerprint density at radius 2 is 1.67 bits per heavy atom. The number of hydrogen-bond acceptors (Lipinski definition) is 3. The number of benzene rings is 3. The van der Waals surface area contributed by atoms with Crippen molar-refractivity contribution in [1.82, 2.24) is 14.5 Å². The molecule has 1 saturated heterocycles. The highest BCUT2D eigenvalue weighted by Gasteiger charge is 2.23. The van der Waals surface area contributed by atoms with Gasteiger partial charge < -0.3 is 14.4 Å². The van der Waals surface area contributed by atoms with E-state index in [1.165, 1.54) is 11.6 Å². The van der Waals surface area contributed by atoms with E-state index in [2.05, 4.69) is 35.8 Å². The Hall–Kier alpha value is -3.09. The predicted octanol–water partition coefficient (Wildman–Crippen LogP) is 6.12. The zero-order chi connectivity index (χ0) is 25.2. The molecule has 0 N–H and O–H groups in total. The number of carbonyl (C=O) groups excluding carboxylic acids is 1. The Labute approximate surface area is 220 Å². The molecule has 5 nitrogen and oxygen atoms in total. The third-order valence-electron chi connectivity index (χ3n) is 6.73. The van der Waals surface area contributed by atoms with E-state index >= 15 is 0 Å². The standard InChI is InChI=1S/C28H27Cl2FN4O/c1-19-6-8-20(9-7-19)16-27-32-24-17-21(29)22(30)18-26(24)35(27)11-10-28(36)34-14-12-33(13-15-34)25-5-3-2-4-23(25)31/h2-9,17-18H,10-16H2,1H3. The Bertz CT molecular complexity index is 1390. The topological polar surface area (TPSA) is 41.4 Å². The summed E-state index contributed by atoms with van der Waals surface area (Å²) in [5.74, 6) is 0.708. The van der Waals surface area contributed by atoms with E-state index < -0.39 is 0 Å². The summed E-state index contributed by atoms with van der Waals surface area (Å²) in [6.07, 6.45) is 0.978. The normalized spacial score (nSPS) is 14.0. The number of nitrogens with zero attached hydrogens (tertiary/aromatic N) is 4. The fourth-order valence-corrected chi connectivity index (χ4v) is 5.03. The molecule has 0 atom stereocenters. The van der Waals surface area contributed by atoms with Crippen molar-refractivity contribution in [2.75, 3.05) is 31.1 Å². The summed E-state index contributed by atoms with van der Waals surface area (Å²) < 4.78 is 16.2. The first kappa shape index (κ1) is 24.6. The average molecular weight is 525 g/mol. The molecule has 4 aromatic rings. The van der Waals surface area contributed by atoms with E-state index in [-0.39, 0.29) is 11.7 Å². The number of carbonyl (C=O) groups is 1. The number of para-hydroxylation sites is 1. The Balaban J connectivity index is 1.30. The minimum atomic E-state index is -0.232. The smallest absolute Gasteiger partial charge is 0.224 e. The summed E-state index contributed by atoms with van der Waals surface area (Å²) in [6.45, 7) is 4.89. The van der Waals surface area contributed by atoms with Gasteiger partial charge in [0.2, 0.25) is 5.91 Å². The van der Waals surface area contributed by atoms with Gasteiger partial charge >= 0.3 is 0 Å². The lowest BCUT2D eigenvalue weighted by molar-refractivity contribution is -0.131.